The molecule has 0 unspecified atom stereocenters. The van der Waals surface area contributed by atoms with Crippen molar-refractivity contribution in [2.45, 2.75) is 33.1 Å². The highest BCUT2D eigenvalue weighted by Crippen LogP contribution is 2.36. The number of nitrogens with two attached hydrogens (primary N) is 1. The molecule has 1 aliphatic heterocycles. The third-order valence-electron chi connectivity index (χ3n) is 4.62. The number of hydrogen-bond acceptors (Lipinski definition) is 3. The summed E-state index contributed by atoms with van der Waals surface area (Å²) in [5.74, 6) is 0.888. The van der Waals surface area contributed by atoms with Gasteiger partial charge in [0, 0.05) is 23.2 Å². The Hall–Kier alpha value is -1.55. The fourth-order valence-corrected chi connectivity index (χ4v) is 4.28. The van der Waals surface area contributed by atoms with Crippen LogP contribution in [0.5, 0.6) is 0 Å². The Balaban J connectivity index is 1.89. The van der Waals surface area contributed by atoms with Gasteiger partial charge in [0.1, 0.15) is 4.88 Å². The van der Waals surface area contributed by atoms with Crippen molar-refractivity contribution >= 4 is 33.0 Å². The Morgan fingerprint density at radius 1 is 1.38 bits per heavy atom. The van der Waals surface area contributed by atoms with Gasteiger partial charge in [-0.15, -0.1) is 11.3 Å². The maximum Gasteiger partial charge on any atom is 0.266 e. The molecule has 0 saturated carbocycles. The Morgan fingerprint density at radius 2 is 2.10 bits per heavy atom. The summed E-state index contributed by atoms with van der Waals surface area (Å²) in [6, 6.07) is 6.08. The van der Waals surface area contributed by atoms with Crippen molar-refractivity contribution in [2.24, 2.45) is 5.92 Å². The number of thiophene rings is 1. The van der Waals surface area contributed by atoms with Gasteiger partial charge in [-0.05, 0) is 31.2 Å². The molecule has 2 heterocycles. The van der Waals surface area contributed by atoms with Crippen LogP contribution in [0.15, 0.2) is 18.2 Å². The van der Waals surface area contributed by atoms with Crippen molar-refractivity contribution < 1.29 is 4.79 Å². The van der Waals surface area contributed by atoms with Crippen molar-refractivity contribution in [3.05, 3.63) is 28.6 Å². The average molecular weight is 302 g/mol. The Kier molecular flexibility index (Phi) is 3.89. The molecule has 1 aliphatic rings. The van der Waals surface area contributed by atoms with Crippen molar-refractivity contribution in [1.82, 2.24) is 4.90 Å². The highest BCUT2D eigenvalue weighted by molar-refractivity contribution is 7.21. The normalized spacial score (nSPS) is 16.6. The summed E-state index contributed by atoms with van der Waals surface area (Å²) in [6.07, 6.45) is 3.45. The number of amides is 1. The lowest BCUT2D eigenvalue weighted by atomic mass is 9.94. The van der Waals surface area contributed by atoms with E-state index in [4.69, 9.17) is 5.73 Å². The fourth-order valence-electron chi connectivity index (χ4n) is 3.13. The summed E-state index contributed by atoms with van der Waals surface area (Å²) in [5.41, 5.74) is 8.07. The molecule has 3 nitrogen and oxygen atoms in total. The standard InChI is InChI=1S/C17H22N2OS/c1-3-12-7-9-19(10-8-12)17(20)16-14(18)13-6-4-5-11(2)15(13)21-16/h4-6,12H,3,7-10,18H2,1-2H3. The minimum atomic E-state index is 0.114. The maximum atomic E-state index is 12.8. The second-order valence-electron chi connectivity index (χ2n) is 5.94. The van der Waals surface area contributed by atoms with E-state index in [1.54, 1.807) is 11.3 Å². The SMILES string of the molecule is CCC1CCN(C(=O)c2sc3c(C)cccc3c2N)CC1. The monoisotopic (exact) mass is 302 g/mol. The molecule has 1 saturated heterocycles. The minimum absolute atomic E-state index is 0.114. The predicted molar refractivity (Wildman–Crippen MR) is 89.9 cm³/mol. The van der Waals surface area contributed by atoms with Crippen LogP contribution in [-0.4, -0.2) is 23.9 Å². The number of anilines is 1. The lowest BCUT2D eigenvalue weighted by Gasteiger charge is -2.31. The van der Waals surface area contributed by atoms with E-state index in [2.05, 4.69) is 19.9 Å². The van der Waals surface area contributed by atoms with Gasteiger partial charge in [-0.1, -0.05) is 31.5 Å². The highest BCUT2D eigenvalue weighted by atomic mass is 32.1. The van der Waals surface area contributed by atoms with E-state index in [-0.39, 0.29) is 5.91 Å². The van der Waals surface area contributed by atoms with Gasteiger partial charge in [0.15, 0.2) is 0 Å². The molecule has 3 rings (SSSR count). The van der Waals surface area contributed by atoms with E-state index in [0.717, 1.165) is 41.9 Å². The average Bonchev–Trinajstić information content (AvgIpc) is 2.85. The number of piperidine rings is 1. The number of hydrogen-bond donors (Lipinski definition) is 1. The second-order valence-corrected chi connectivity index (χ2v) is 6.96. The summed E-state index contributed by atoms with van der Waals surface area (Å²) >= 11 is 1.54. The molecule has 2 N–H and O–H groups in total. The number of nitrogens with zero attached hydrogens (tertiary/aromatic N) is 1. The van der Waals surface area contributed by atoms with Gasteiger partial charge in [0.05, 0.1) is 5.69 Å². The summed E-state index contributed by atoms with van der Waals surface area (Å²) in [6.45, 7) is 6.03. The van der Waals surface area contributed by atoms with E-state index in [9.17, 15) is 4.79 Å². The van der Waals surface area contributed by atoms with Crippen LogP contribution in [0.3, 0.4) is 0 Å². The smallest absolute Gasteiger partial charge is 0.266 e. The summed E-state index contributed by atoms with van der Waals surface area (Å²) in [7, 11) is 0. The van der Waals surface area contributed by atoms with Crippen LogP contribution in [0, 0.1) is 12.8 Å². The van der Waals surface area contributed by atoms with Crippen LogP contribution in [-0.2, 0) is 0 Å². The first-order valence-electron chi connectivity index (χ1n) is 7.68. The van der Waals surface area contributed by atoms with Crippen molar-refractivity contribution in [1.29, 1.82) is 0 Å². The molecule has 21 heavy (non-hydrogen) atoms. The van der Waals surface area contributed by atoms with Crippen LogP contribution in [0.1, 0.15) is 41.4 Å². The number of nitrogen functional groups attached to an aromatic ring is 1. The molecule has 0 spiro atoms. The number of fused-ring (bicyclic) bond motifs is 1. The minimum Gasteiger partial charge on any atom is -0.397 e. The van der Waals surface area contributed by atoms with E-state index in [1.807, 2.05) is 17.0 Å². The zero-order valence-electron chi connectivity index (χ0n) is 12.7. The predicted octanol–water partition coefficient (Wildman–Crippen LogP) is 4.05. The molecule has 0 aliphatic carbocycles. The number of carbonyl (C=O) groups excluding carboxylic acids is 1. The molecule has 1 aromatic carbocycles. The molecular formula is C17H22N2OS. The molecule has 1 aromatic heterocycles. The first-order valence-corrected chi connectivity index (χ1v) is 8.50. The molecule has 0 bridgehead atoms. The lowest BCUT2D eigenvalue weighted by molar-refractivity contribution is 0.0695. The van der Waals surface area contributed by atoms with Crippen LogP contribution in [0.25, 0.3) is 10.1 Å². The van der Waals surface area contributed by atoms with Crippen molar-refractivity contribution in [3.63, 3.8) is 0 Å². The molecule has 4 heteroatoms. The van der Waals surface area contributed by atoms with E-state index >= 15 is 0 Å². The Morgan fingerprint density at radius 3 is 2.71 bits per heavy atom. The first kappa shape index (κ1) is 14.4. The fraction of sp³-hybridized carbons (Fsp3) is 0.471. The van der Waals surface area contributed by atoms with Gasteiger partial charge in [0.2, 0.25) is 0 Å². The number of likely N-dealkylation sites (tertiary alicyclic amines) is 1. The molecule has 0 radical (unpaired) electrons. The number of aryl methyl sites for hydroxylation is 1. The molecule has 1 fully saturated rings. The van der Waals surface area contributed by atoms with E-state index < -0.39 is 0 Å². The van der Waals surface area contributed by atoms with Gasteiger partial charge in [0.25, 0.3) is 5.91 Å². The first-order chi connectivity index (χ1) is 10.1. The maximum absolute atomic E-state index is 12.8. The van der Waals surface area contributed by atoms with Gasteiger partial charge in [-0.2, -0.15) is 0 Å². The summed E-state index contributed by atoms with van der Waals surface area (Å²) < 4.78 is 1.14. The van der Waals surface area contributed by atoms with Gasteiger partial charge in [-0.3, -0.25) is 4.79 Å². The number of carbonyl (C=O) groups is 1. The molecule has 0 atom stereocenters. The van der Waals surface area contributed by atoms with E-state index in [1.165, 1.54) is 12.0 Å². The van der Waals surface area contributed by atoms with Crippen LogP contribution >= 0.6 is 11.3 Å². The Labute approximate surface area is 129 Å². The zero-order valence-corrected chi connectivity index (χ0v) is 13.5. The van der Waals surface area contributed by atoms with Crippen molar-refractivity contribution in [2.75, 3.05) is 18.8 Å². The number of rotatable bonds is 2. The molecule has 1 amide bonds. The van der Waals surface area contributed by atoms with Gasteiger partial charge < -0.3 is 10.6 Å². The third kappa shape index (κ3) is 2.53. The van der Waals surface area contributed by atoms with Crippen LogP contribution < -0.4 is 5.73 Å². The quantitative estimate of drug-likeness (QED) is 0.909. The van der Waals surface area contributed by atoms with Gasteiger partial charge >= 0.3 is 0 Å². The van der Waals surface area contributed by atoms with Crippen LogP contribution in [0.4, 0.5) is 5.69 Å². The van der Waals surface area contributed by atoms with Crippen molar-refractivity contribution in [3.8, 4) is 0 Å². The molecule has 2 aromatic rings. The second kappa shape index (κ2) is 5.68. The topological polar surface area (TPSA) is 46.3 Å². The van der Waals surface area contributed by atoms with Gasteiger partial charge in [-0.25, -0.2) is 0 Å². The zero-order chi connectivity index (χ0) is 15.0. The highest BCUT2D eigenvalue weighted by Gasteiger charge is 2.26. The summed E-state index contributed by atoms with van der Waals surface area (Å²) in [5, 5.41) is 1.02. The molecular weight excluding hydrogens is 280 g/mol. The number of benzene rings is 1. The van der Waals surface area contributed by atoms with Crippen LogP contribution in [0.2, 0.25) is 0 Å². The lowest BCUT2D eigenvalue weighted by Crippen LogP contribution is -2.38. The third-order valence-corrected chi connectivity index (χ3v) is 5.97. The van der Waals surface area contributed by atoms with E-state index in [0.29, 0.717) is 10.6 Å². The Bertz CT molecular complexity index is 669. The largest absolute Gasteiger partial charge is 0.397 e. The molecule has 112 valence electrons. The summed E-state index contributed by atoms with van der Waals surface area (Å²) in [4.78, 5) is 15.4.